The van der Waals surface area contributed by atoms with Crippen molar-refractivity contribution in [3.05, 3.63) is 36.0 Å². The SMILES string of the molecule is Cc1cc(-n2c(SCC(=O)O)nnc2-c2ccc(O)cc2)n(C)n1. The highest BCUT2D eigenvalue weighted by molar-refractivity contribution is 7.99. The van der Waals surface area contributed by atoms with Gasteiger partial charge in [0.15, 0.2) is 11.0 Å². The van der Waals surface area contributed by atoms with Crippen LogP contribution in [0.4, 0.5) is 0 Å². The molecule has 3 rings (SSSR count). The lowest BCUT2D eigenvalue weighted by Crippen LogP contribution is -2.07. The number of phenolic OH excluding ortho intramolecular Hbond substituents is 1. The number of aliphatic carboxylic acids is 1. The molecule has 0 fully saturated rings. The van der Waals surface area contributed by atoms with Crippen LogP contribution in [0.15, 0.2) is 35.5 Å². The van der Waals surface area contributed by atoms with Crippen molar-refractivity contribution >= 4 is 17.7 Å². The first-order chi connectivity index (χ1) is 11.5. The van der Waals surface area contributed by atoms with Crippen LogP contribution in [0.2, 0.25) is 0 Å². The van der Waals surface area contributed by atoms with Gasteiger partial charge in [-0.25, -0.2) is 0 Å². The zero-order valence-corrected chi connectivity index (χ0v) is 13.9. The smallest absolute Gasteiger partial charge is 0.313 e. The summed E-state index contributed by atoms with van der Waals surface area (Å²) in [6.07, 6.45) is 0. The monoisotopic (exact) mass is 345 g/mol. The topological polar surface area (TPSA) is 106 Å². The molecule has 124 valence electrons. The average molecular weight is 345 g/mol. The Labute approximate surface area is 141 Å². The highest BCUT2D eigenvalue weighted by Crippen LogP contribution is 2.28. The molecule has 0 amide bonds. The number of rotatable bonds is 5. The van der Waals surface area contributed by atoms with E-state index >= 15 is 0 Å². The quantitative estimate of drug-likeness (QED) is 0.680. The average Bonchev–Trinajstić information content (AvgIpc) is 3.08. The first kappa shape index (κ1) is 16.1. The summed E-state index contributed by atoms with van der Waals surface area (Å²) in [6, 6.07) is 8.45. The molecule has 0 aliphatic rings. The Bertz CT molecular complexity index is 885. The first-order valence-electron chi connectivity index (χ1n) is 7.06. The van der Waals surface area contributed by atoms with E-state index < -0.39 is 5.97 Å². The van der Waals surface area contributed by atoms with Crippen molar-refractivity contribution in [3.8, 4) is 23.0 Å². The number of hydrogen-bond donors (Lipinski definition) is 2. The number of nitrogens with zero attached hydrogens (tertiary/aromatic N) is 5. The fourth-order valence-electron chi connectivity index (χ4n) is 2.30. The molecular weight excluding hydrogens is 330 g/mol. The van der Waals surface area contributed by atoms with E-state index in [1.807, 2.05) is 13.0 Å². The third-order valence-electron chi connectivity index (χ3n) is 3.29. The molecule has 0 saturated carbocycles. The number of carboxylic acids is 1. The lowest BCUT2D eigenvalue weighted by atomic mass is 10.2. The van der Waals surface area contributed by atoms with Crippen molar-refractivity contribution in [2.24, 2.45) is 7.05 Å². The predicted octanol–water partition coefficient (Wildman–Crippen LogP) is 1.86. The molecule has 0 bridgehead atoms. The lowest BCUT2D eigenvalue weighted by molar-refractivity contribution is -0.133. The van der Waals surface area contributed by atoms with Crippen molar-refractivity contribution in [3.63, 3.8) is 0 Å². The summed E-state index contributed by atoms with van der Waals surface area (Å²) in [6.45, 7) is 1.87. The van der Waals surface area contributed by atoms with Crippen LogP contribution in [0.3, 0.4) is 0 Å². The van der Waals surface area contributed by atoms with Gasteiger partial charge in [-0.2, -0.15) is 5.10 Å². The van der Waals surface area contributed by atoms with E-state index in [0.717, 1.165) is 28.8 Å². The number of aryl methyl sites for hydroxylation is 2. The number of thioether (sulfide) groups is 1. The van der Waals surface area contributed by atoms with Gasteiger partial charge < -0.3 is 10.2 Å². The molecule has 0 saturated heterocycles. The van der Waals surface area contributed by atoms with Gasteiger partial charge in [-0.3, -0.25) is 14.0 Å². The number of hydrogen-bond acceptors (Lipinski definition) is 6. The van der Waals surface area contributed by atoms with Crippen LogP contribution in [0.25, 0.3) is 17.2 Å². The molecule has 3 aromatic rings. The van der Waals surface area contributed by atoms with Crippen molar-refractivity contribution in [2.75, 3.05) is 5.75 Å². The molecule has 9 heteroatoms. The van der Waals surface area contributed by atoms with Gasteiger partial charge in [0, 0.05) is 18.7 Å². The van der Waals surface area contributed by atoms with E-state index in [1.54, 1.807) is 40.6 Å². The summed E-state index contributed by atoms with van der Waals surface area (Å²) < 4.78 is 3.45. The van der Waals surface area contributed by atoms with E-state index in [1.165, 1.54) is 0 Å². The fourth-order valence-corrected chi connectivity index (χ4v) is 2.96. The van der Waals surface area contributed by atoms with Crippen molar-refractivity contribution in [1.82, 2.24) is 24.5 Å². The maximum Gasteiger partial charge on any atom is 0.313 e. The number of carboxylic acid groups (broad SMARTS) is 1. The molecule has 1 aromatic carbocycles. The third-order valence-corrected chi connectivity index (χ3v) is 4.20. The first-order valence-corrected chi connectivity index (χ1v) is 8.04. The second-order valence-corrected chi connectivity index (χ2v) is 6.08. The van der Waals surface area contributed by atoms with Gasteiger partial charge in [0.1, 0.15) is 11.6 Å². The number of aromatic hydroxyl groups is 1. The molecule has 2 N–H and O–H groups in total. The summed E-state index contributed by atoms with van der Waals surface area (Å²) in [4.78, 5) is 10.9. The van der Waals surface area contributed by atoms with Crippen LogP contribution in [-0.4, -0.2) is 46.5 Å². The molecule has 24 heavy (non-hydrogen) atoms. The van der Waals surface area contributed by atoms with Gasteiger partial charge in [-0.05, 0) is 31.2 Å². The zero-order valence-electron chi connectivity index (χ0n) is 13.0. The summed E-state index contributed by atoms with van der Waals surface area (Å²) >= 11 is 1.09. The standard InChI is InChI=1S/C15H15N5O3S/c1-9-7-12(19(2)18-9)20-14(10-3-5-11(21)6-4-10)16-17-15(20)24-8-13(22)23/h3-7,21H,8H2,1-2H3,(H,22,23). The zero-order chi connectivity index (χ0) is 17.3. The molecule has 0 atom stereocenters. The maximum atomic E-state index is 10.9. The Morgan fingerprint density at radius 3 is 2.54 bits per heavy atom. The Morgan fingerprint density at radius 1 is 1.25 bits per heavy atom. The van der Waals surface area contributed by atoms with E-state index in [2.05, 4.69) is 15.3 Å². The highest BCUT2D eigenvalue weighted by atomic mass is 32.2. The minimum absolute atomic E-state index is 0.120. The molecule has 0 spiro atoms. The fraction of sp³-hybridized carbons (Fsp3) is 0.200. The number of phenols is 1. The van der Waals surface area contributed by atoms with Gasteiger partial charge in [0.25, 0.3) is 0 Å². The molecule has 0 unspecified atom stereocenters. The van der Waals surface area contributed by atoms with E-state index in [0.29, 0.717) is 11.0 Å². The van der Waals surface area contributed by atoms with Crippen LogP contribution in [0.1, 0.15) is 5.69 Å². The van der Waals surface area contributed by atoms with Crippen LogP contribution in [0, 0.1) is 6.92 Å². The minimum Gasteiger partial charge on any atom is -0.508 e. The van der Waals surface area contributed by atoms with E-state index in [9.17, 15) is 9.90 Å². The molecular formula is C15H15N5O3S. The van der Waals surface area contributed by atoms with Gasteiger partial charge in [0.05, 0.1) is 11.4 Å². The van der Waals surface area contributed by atoms with Crippen LogP contribution in [-0.2, 0) is 11.8 Å². The summed E-state index contributed by atoms with van der Waals surface area (Å²) in [5.41, 5.74) is 1.58. The molecule has 0 aliphatic carbocycles. The molecule has 0 aliphatic heterocycles. The van der Waals surface area contributed by atoms with Gasteiger partial charge in [0.2, 0.25) is 0 Å². The number of benzene rings is 1. The molecule has 2 heterocycles. The Hall–Kier alpha value is -2.81. The van der Waals surface area contributed by atoms with Gasteiger partial charge in [-0.15, -0.1) is 10.2 Å². The molecule has 0 radical (unpaired) electrons. The normalized spacial score (nSPS) is 10.9. The Kier molecular flexibility index (Phi) is 4.26. The third kappa shape index (κ3) is 3.11. The molecule has 8 nitrogen and oxygen atoms in total. The van der Waals surface area contributed by atoms with Crippen LogP contribution < -0.4 is 0 Å². The van der Waals surface area contributed by atoms with Crippen molar-refractivity contribution in [1.29, 1.82) is 0 Å². The maximum absolute atomic E-state index is 10.9. The summed E-state index contributed by atoms with van der Waals surface area (Å²) in [7, 11) is 1.80. The molecule has 2 aromatic heterocycles. The lowest BCUT2D eigenvalue weighted by Gasteiger charge is -2.09. The minimum atomic E-state index is -0.929. The summed E-state index contributed by atoms with van der Waals surface area (Å²) in [5.74, 6) is 0.382. The highest BCUT2D eigenvalue weighted by Gasteiger charge is 2.19. The number of carbonyl (C=O) groups is 1. The predicted molar refractivity (Wildman–Crippen MR) is 88.3 cm³/mol. The van der Waals surface area contributed by atoms with E-state index in [4.69, 9.17) is 5.11 Å². The van der Waals surface area contributed by atoms with Gasteiger partial charge in [-0.1, -0.05) is 11.8 Å². The Balaban J connectivity index is 2.13. The van der Waals surface area contributed by atoms with Gasteiger partial charge >= 0.3 is 5.97 Å². The second-order valence-electron chi connectivity index (χ2n) is 5.14. The number of aromatic nitrogens is 5. The second kappa shape index (κ2) is 6.36. The van der Waals surface area contributed by atoms with Crippen LogP contribution >= 0.6 is 11.8 Å². The van der Waals surface area contributed by atoms with Crippen molar-refractivity contribution in [2.45, 2.75) is 12.1 Å². The van der Waals surface area contributed by atoms with Crippen LogP contribution in [0.5, 0.6) is 5.75 Å². The Morgan fingerprint density at radius 2 is 1.96 bits per heavy atom. The van der Waals surface area contributed by atoms with Crippen molar-refractivity contribution < 1.29 is 15.0 Å². The summed E-state index contributed by atoms with van der Waals surface area (Å²) in [5, 5.41) is 31.5. The largest absolute Gasteiger partial charge is 0.508 e. The van der Waals surface area contributed by atoms with E-state index in [-0.39, 0.29) is 11.5 Å².